The van der Waals surface area contributed by atoms with Crippen LogP contribution in [0.3, 0.4) is 0 Å². The van der Waals surface area contributed by atoms with Crippen LogP contribution in [0, 0.1) is 0 Å². The number of hydroxylamine groups is 2. The second kappa shape index (κ2) is 15.1. The highest BCUT2D eigenvalue weighted by atomic mass is 32.2. The highest BCUT2D eigenvalue weighted by molar-refractivity contribution is 7.99. The van der Waals surface area contributed by atoms with Gasteiger partial charge in [0.1, 0.15) is 0 Å². The van der Waals surface area contributed by atoms with Crippen LogP contribution in [0.1, 0.15) is 71.6 Å². The maximum atomic E-state index is 11.8. The Kier molecular flexibility index (Phi) is 13.6. The minimum atomic E-state index is -1.50. The van der Waals surface area contributed by atoms with Crippen molar-refractivity contribution in [2.24, 2.45) is 0 Å². The van der Waals surface area contributed by atoms with Crippen LogP contribution in [0.2, 0.25) is 0 Å². The molecule has 0 saturated carbocycles. The molecule has 1 fully saturated rings. The van der Waals surface area contributed by atoms with Crippen molar-refractivity contribution in [3.8, 4) is 0 Å². The molecule has 0 aliphatic carbocycles. The standard InChI is InChI=1S/C20H37NO6S/c1-3-4-6-10-18(16(2)22)28-14-9-13-26-20(25)17(23)15-19(24)27-21-11-7-5-8-12-21/h16-18,22-23H,3-15H2,1-2H3. The number of unbranched alkanes of at least 4 members (excludes halogenated alkanes) is 2. The Labute approximate surface area is 173 Å². The van der Waals surface area contributed by atoms with E-state index >= 15 is 0 Å². The molecular weight excluding hydrogens is 382 g/mol. The van der Waals surface area contributed by atoms with Gasteiger partial charge in [-0.15, -0.1) is 5.06 Å². The summed E-state index contributed by atoms with van der Waals surface area (Å²) in [6.45, 7) is 5.53. The number of nitrogens with zero attached hydrogens (tertiary/aromatic N) is 1. The van der Waals surface area contributed by atoms with Gasteiger partial charge in [-0.1, -0.05) is 32.6 Å². The van der Waals surface area contributed by atoms with Gasteiger partial charge in [-0.3, -0.25) is 4.79 Å². The van der Waals surface area contributed by atoms with Crippen LogP contribution in [0.15, 0.2) is 0 Å². The van der Waals surface area contributed by atoms with E-state index in [1.54, 1.807) is 16.8 Å². The van der Waals surface area contributed by atoms with Crippen molar-refractivity contribution in [2.75, 3.05) is 25.4 Å². The number of aliphatic hydroxyl groups is 2. The van der Waals surface area contributed by atoms with Crippen LogP contribution in [0.5, 0.6) is 0 Å². The Hall–Kier alpha value is -0.830. The van der Waals surface area contributed by atoms with E-state index in [1.165, 1.54) is 6.42 Å². The molecule has 0 amide bonds. The van der Waals surface area contributed by atoms with Crippen LogP contribution in [0.25, 0.3) is 0 Å². The third-order valence-electron chi connectivity index (χ3n) is 4.67. The lowest BCUT2D eigenvalue weighted by atomic mass is 10.1. The smallest absolute Gasteiger partial charge is 0.335 e. The van der Waals surface area contributed by atoms with E-state index in [0.29, 0.717) is 19.5 Å². The number of rotatable bonds is 14. The van der Waals surface area contributed by atoms with Crippen molar-refractivity contribution >= 4 is 23.7 Å². The van der Waals surface area contributed by atoms with Crippen molar-refractivity contribution < 1.29 is 29.4 Å². The van der Waals surface area contributed by atoms with Crippen molar-refractivity contribution in [1.82, 2.24) is 5.06 Å². The summed E-state index contributed by atoms with van der Waals surface area (Å²) in [7, 11) is 0. The summed E-state index contributed by atoms with van der Waals surface area (Å²) in [5.74, 6) is -0.647. The first kappa shape index (κ1) is 25.2. The van der Waals surface area contributed by atoms with E-state index in [9.17, 15) is 19.8 Å². The Morgan fingerprint density at radius 3 is 2.46 bits per heavy atom. The number of aliphatic hydroxyl groups excluding tert-OH is 2. The summed E-state index contributed by atoms with van der Waals surface area (Å²) in [5.41, 5.74) is 0. The van der Waals surface area contributed by atoms with Crippen LogP contribution >= 0.6 is 11.8 Å². The Morgan fingerprint density at radius 1 is 1.11 bits per heavy atom. The number of hydrogen-bond acceptors (Lipinski definition) is 8. The summed E-state index contributed by atoms with van der Waals surface area (Å²) in [4.78, 5) is 28.7. The molecule has 2 N–H and O–H groups in total. The minimum Gasteiger partial charge on any atom is -0.464 e. The predicted octanol–water partition coefficient (Wildman–Crippen LogP) is 2.68. The first-order valence-electron chi connectivity index (χ1n) is 10.5. The number of carbonyl (C=O) groups excluding carboxylic acids is 2. The van der Waals surface area contributed by atoms with Crippen LogP contribution < -0.4 is 0 Å². The quantitative estimate of drug-likeness (QED) is 0.328. The maximum absolute atomic E-state index is 11.8. The molecule has 3 atom stereocenters. The summed E-state index contributed by atoms with van der Waals surface area (Å²) in [6.07, 6.45) is 5.86. The molecule has 1 heterocycles. The SMILES string of the molecule is CCCCCC(SCCCOC(=O)C(O)CC(=O)ON1CCCCC1)C(C)O. The lowest BCUT2D eigenvalue weighted by Gasteiger charge is -2.25. The van der Waals surface area contributed by atoms with E-state index < -0.39 is 24.5 Å². The molecular formula is C20H37NO6S. The highest BCUT2D eigenvalue weighted by Gasteiger charge is 2.24. The number of esters is 1. The summed E-state index contributed by atoms with van der Waals surface area (Å²) < 4.78 is 5.05. The van der Waals surface area contributed by atoms with Crippen molar-refractivity contribution in [3.63, 3.8) is 0 Å². The largest absolute Gasteiger partial charge is 0.464 e. The third-order valence-corrected chi connectivity index (χ3v) is 6.26. The van der Waals surface area contributed by atoms with Crippen LogP contribution in [0.4, 0.5) is 0 Å². The molecule has 1 saturated heterocycles. The number of thioether (sulfide) groups is 1. The monoisotopic (exact) mass is 419 g/mol. The van der Waals surface area contributed by atoms with E-state index in [2.05, 4.69) is 6.92 Å². The Bertz CT molecular complexity index is 442. The van der Waals surface area contributed by atoms with Gasteiger partial charge in [0.2, 0.25) is 0 Å². The second-order valence-corrected chi connectivity index (χ2v) is 8.69. The molecule has 0 aromatic rings. The third kappa shape index (κ3) is 11.2. The number of carbonyl (C=O) groups is 2. The van der Waals surface area contributed by atoms with Gasteiger partial charge in [0.25, 0.3) is 0 Å². The molecule has 0 aromatic heterocycles. The van der Waals surface area contributed by atoms with Gasteiger partial charge in [-0.25, -0.2) is 4.79 Å². The number of hydrogen-bond donors (Lipinski definition) is 2. The fourth-order valence-electron chi connectivity index (χ4n) is 3.00. The minimum absolute atomic E-state index is 0.186. The topological polar surface area (TPSA) is 96.3 Å². The van der Waals surface area contributed by atoms with Gasteiger partial charge in [0.05, 0.1) is 19.1 Å². The van der Waals surface area contributed by atoms with E-state index in [1.807, 2.05) is 6.92 Å². The molecule has 0 aromatic carbocycles. The molecule has 3 unspecified atom stereocenters. The fraction of sp³-hybridized carbons (Fsp3) is 0.900. The van der Waals surface area contributed by atoms with Crippen LogP contribution in [-0.4, -0.2) is 70.1 Å². The van der Waals surface area contributed by atoms with Crippen LogP contribution in [-0.2, 0) is 19.2 Å². The van der Waals surface area contributed by atoms with Crippen molar-refractivity contribution in [1.29, 1.82) is 0 Å². The average Bonchev–Trinajstić information content (AvgIpc) is 2.66. The zero-order chi connectivity index (χ0) is 20.8. The molecule has 0 radical (unpaired) electrons. The molecule has 164 valence electrons. The molecule has 1 rings (SSSR count). The zero-order valence-corrected chi connectivity index (χ0v) is 18.1. The summed E-state index contributed by atoms with van der Waals surface area (Å²) >= 11 is 1.69. The van der Waals surface area contributed by atoms with E-state index in [0.717, 1.165) is 44.3 Å². The highest BCUT2D eigenvalue weighted by Crippen LogP contribution is 2.22. The Morgan fingerprint density at radius 2 is 1.82 bits per heavy atom. The average molecular weight is 420 g/mol. The van der Waals surface area contributed by atoms with Gasteiger partial charge < -0.3 is 19.8 Å². The molecule has 1 aliphatic rings. The summed E-state index contributed by atoms with van der Waals surface area (Å²) in [5, 5.41) is 21.4. The first-order chi connectivity index (χ1) is 13.4. The normalized spacial score (nSPS) is 18.3. The zero-order valence-electron chi connectivity index (χ0n) is 17.3. The van der Waals surface area contributed by atoms with Gasteiger partial charge >= 0.3 is 11.9 Å². The van der Waals surface area contributed by atoms with E-state index in [4.69, 9.17) is 9.57 Å². The Balaban J connectivity index is 2.14. The molecule has 0 bridgehead atoms. The van der Waals surface area contributed by atoms with Gasteiger partial charge in [0, 0.05) is 18.3 Å². The van der Waals surface area contributed by atoms with E-state index in [-0.39, 0.29) is 18.0 Å². The fourth-order valence-corrected chi connectivity index (χ4v) is 4.20. The molecule has 8 heteroatoms. The molecule has 1 aliphatic heterocycles. The number of ether oxygens (including phenoxy) is 1. The second-order valence-electron chi connectivity index (χ2n) is 7.34. The van der Waals surface area contributed by atoms with Crippen molar-refractivity contribution in [2.45, 2.75) is 89.1 Å². The van der Waals surface area contributed by atoms with Gasteiger partial charge in [-0.2, -0.15) is 11.8 Å². The lowest BCUT2D eigenvalue weighted by Crippen LogP contribution is -2.35. The maximum Gasteiger partial charge on any atom is 0.335 e. The lowest BCUT2D eigenvalue weighted by molar-refractivity contribution is -0.197. The summed E-state index contributed by atoms with van der Waals surface area (Å²) in [6, 6.07) is 0. The number of piperidine rings is 1. The van der Waals surface area contributed by atoms with Gasteiger partial charge in [-0.05, 0) is 38.4 Å². The van der Waals surface area contributed by atoms with Gasteiger partial charge in [0.15, 0.2) is 6.10 Å². The van der Waals surface area contributed by atoms with Crippen molar-refractivity contribution in [3.05, 3.63) is 0 Å². The predicted molar refractivity (Wildman–Crippen MR) is 110 cm³/mol. The molecule has 7 nitrogen and oxygen atoms in total. The molecule has 28 heavy (non-hydrogen) atoms. The first-order valence-corrected chi connectivity index (χ1v) is 11.6. The molecule has 0 spiro atoms.